The Morgan fingerprint density at radius 3 is 2.77 bits per heavy atom. The number of pyridine rings is 2. The average molecular weight is 366 g/mol. The summed E-state index contributed by atoms with van der Waals surface area (Å²) in [7, 11) is 1.58. The molecule has 0 N–H and O–H groups in total. The highest BCUT2D eigenvalue weighted by molar-refractivity contribution is 5.97. The van der Waals surface area contributed by atoms with Gasteiger partial charge in [-0.3, -0.25) is 9.36 Å². The van der Waals surface area contributed by atoms with Gasteiger partial charge in [0.15, 0.2) is 0 Å². The van der Waals surface area contributed by atoms with Gasteiger partial charge in [-0.15, -0.1) is 18.8 Å². The van der Waals surface area contributed by atoms with Gasteiger partial charge >= 0.3 is 0 Å². The van der Waals surface area contributed by atoms with Crippen LogP contribution in [0.4, 0.5) is 0 Å². The first-order valence-electron chi connectivity index (χ1n) is 7.81. The average Bonchev–Trinajstić information content (AvgIpc) is 3.07. The number of imidazole rings is 1. The molecular weight excluding hydrogens is 350 g/mol. The van der Waals surface area contributed by atoms with Crippen LogP contribution in [0.25, 0.3) is 27.8 Å². The van der Waals surface area contributed by atoms with Crippen molar-refractivity contribution in [2.45, 2.75) is 6.54 Å². The summed E-state index contributed by atoms with van der Waals surface area (Å²) in [6.07, 6.45) is 9.36. The molecular formula is C20H16ClN3O2. The molecule has 130 valence electrons. The third kappa shape index (κ3) is 2.71. The third-order valence-electron chi connectivity index (χ3n) is 4.22. The van der Waals surface area contributed by atoms with E-state index >= 15 is 0 Å². The van der Waals surface area contributed by atoms with Crippen LogP contribution in [0.15, 0.2) is 59.7 Å². The quantitative estimate of drug-likeness (QED) is 0.523. The summed E-state index contributed by atoms with van der Waals surface area (Å²) in [5.74, 6) is 3.14. The number of ether oxygens (including phenoxy) is 1. The molecule has 0 saturated heterocycles. The Bertz CT molecular complexity index is 1170. The van der Waals surface area contributed by atoms with Gasteiger partial charge in [0.2, 0.25) is 0 Å². The van der Waals surface area contributed by atoms with Crippen LogP contribution in [0.3, 0.4) is 0 Å². The van der Waals surface area contributed by atoms with Crippen molar-refractivity contribution in [2.75, 3.05) is 7.11 Å². The summed E-state index contributed by atoms with van der Waals surface area (Å²) in [5.41, 5.74) is 3.13. The summed E-state index contributed by atoms with van der Waals surface area (Å²) in [4.78, 5) is 17.0. The Morgan fingerprint density at radius 2 is 2.04 bits per heavy atom. The minimum Gasteiger partial charge on any atom is -0.495 e. The number of methoxy groups -OCH3 is 1. The molecule has 0 unspecified atom stereocenters. The number of hydrogen-bond donors (Lipinski definition) is 0. The molecule has 0 aliphatic heterocycles. The van der Waals surface area contributed by atoms with Crippen molar-refractivity contribution in [1.29, 1.82) is 0 Å². The van der Waals surface area contributed by atoms with Crippen LogP contribution in [-0.2, 0) is 6.54 Å². The number of fused-ring (bicyclic) bond motifs is 2. The van der Waals surface area contributed by atoms with E-state index in [0.717, 1.165) is 22.3 Å². The van der Waals surface area contributed by atoms with Gasteiger partial charge in [-0.2, -0.15) is 0 Å². The van der Waals surface area contributed by atoms with E-state index in [9.17, 15) is 4.79 Å². The largest absolute Gasteiger partial charge is 0.495 e. The van der Waals surface area contributed by atoms with Crippen LogP contribution < -0.4 is 10.3 Å². The number of benzene rings is 1. The molecule has 0 amide bonds. The zero-order chi connectivity index (χ0) is 17.4. The lowest BCUT2D eigenvalue weighted by atomic mass is 10.0. The van der Waals surface area contributed by atoms with Crippen molar-refractivity contribution in [2.24, 2.45) is 0 Å². The highest BCUT2D eigenvalue weighted by Crippen LogP contribution is 2.33. The Kier molecular flexibility index (Phi) is 4.70. The summed E-state index contributed by atoms with van der Waals surface area (Å²) < 4.78 is 8.98. The van der Waals surface area contributed by atoms with Gasteiger partial charge in [0.25, 0.3) is 5.56 Å². The smallest absolute Gasteiger partial charge is 0.251 e. The van der Waals surface area contributed by atoms with Gasteiger partial charge in [-0.25, -0.2) is 4.98 Å². The standard InChI is InChI=1S/C20H15N3O2.ClH/c1-3-11-23-19(24)10-8-15-14(7-9-17(25-2)20(15)23)16-13-22-12-5-4-6-18(22)21-16;/h1,4-10,12-13H,11H2,2H3;1H. The van der Waals surface area contributed by atoms with E-state index in [1.165, 1.54) is 6.07 Å². The fourth-order valence-electron chi connectivity index (χ4n) is 3.09. The lowest BCUT2D eigenvalue weighted by molar-refractivity contribution is 0.417. The van der Waals surface area contributed by atoms with Gasteiger partial charge in [0.05, 0.1) is 24.9 Å². The van der Waals surface area contributed by atoms with Gasteiger partial charge in [-0.1, -0.05) is 12.0 Å². The van der Waals surface area contributed by atoms with E-state index in [1.54, 1.807) is 17.7 Å². The first kappa shape index (κ1) is 17.6. The molecule has 0 saturated carbocycles. The Balaban J connectivity index is 0.00000196. The van der Waals surface area contributed by atoms with Crippen molar-refractivity contribution in [3.8, 4) is 29.4 Å². The molecule has 0 spiro atoms. The zero-order valence-corrected chi connectivity index (χ0v) is 14.9. The number of rotatable bonds is 3. The van der Waals surface area contributed by atoms with Gasteiger partial charge in [0, 0.05) is 29.4 Å². The van der Waals surface area contributed by atoms with E-state index in [2.05, 4.69) is 10.9 Å². The van der Waals surface area contributed by atoms with Crippen LogP contribution in [0.1, 0.15) is 0 Å². The Hall–Kier alpha value is -3.23. The van der Waals surface area contributed by atoms with Crippen LogP contribution >= 0.6 is 12.4 Å². The molecule has 0 aliphatic rings. The maximum atomic E-state index is 12.3. The van der Waals surface area contributed by atoms with Crippen molar-refractivity contribution >= 4 is 29.0 Å². The van der Waals surface area contributed by atoms with Crippen LogP contribution in [0.2, 0.25) is 0 Å². The van der Waals surface area contributed by atoms with Crippen molar-refractivity contribution in [3.05, 3.63) is 65.2 Å². The normalized spacial score (nSPS) is 10.5. The lowest BCUT2D eigenvalue weighted by Crippen LogP contribution is -2.19. The molecule has 0 aliphatic carbocycles. The van der Waals surface area contributed by atoms with Crippen molar-refractivity contribution < 1.29 is 4.74 Å². The molecule has 5 nitrogen and oxygen atoms in total. The summed E-state index contributed by atoms with van der Waals surface area (Å²) >= 11 is 0. The first-order valence-corrected chi connectivity index (χ1v) is 7.81. The van der Waals surface area contributed by atoms with E-state index in [4.69, 9.17) is 11.2 Å². The van der Waals surface area contributed by atoms with Gasteiger partial charge in [0.1, 0.15) is 11.4 Å². The van der Waals surface area contributed by atoms with Crippen molar-refractivity contribution in [3.63, 3.8) is 0 Å². The third-order valence-corrected chi connectivity index (χ3v) is 4.22. The fraction of sp³-hybridized carbons (Fsp3) is 0.100. The minimum absolute atomic E-state index is 0. The Labute approximate surface area is 156 Å². The Morgan fingerprint density at radius 1 is 1.19 bits per heavy atom. The molecule has 4 rings (SSSR count). The van der Waals surface area contributed by atoms with E-state index in [1.807, 2.05) is 47.1 Å². The monoisotopic (exact) mass is 365 g/mol. The summed E-state index contributed by atoms with van der Waals surface area (Å²) in [6, 6.07) is 13.0. The second-order valence-corrected chi connectivity index (χ2v) is 5.63. The SMILES string of the molecule is C#CCn1c(=O)ccc2c(-c3cn4ccccc4n3)ccc(OC)c21.Cl. The van der Waals surface area contributed by atoms with Crippen molar-refractivity contribution in [1.82, 2.24) is 14.0 Å². The summed E-state index contributed by atoms with van der Waals surface area (Å²) in [5, 5.41) is 0.873. The van der Waals surface area contributed by atoms with Crippen LogP contribution in [0, 0.1) is 12.3 Å². The number of terminal acetylenes is 1. The molecule has 26 heavy (non-hydrogen) atoms. The highest BCUT2D eigenvalue weighted by Gasteiger charge is 2.15. The predicted octanol–water partition coefficient (Wildman–Crippen LogP) is 3.38. The molecule has 1 aromatic carbocycles. The fourth-order valence-corrected chi connectivity index (χ4v) is 3.09. The number of halogens is 1. The molecule has 0 bridgehead atoms. The molecule has 3 heterocycles. The van der Waals surface area contributed by atoms with Gasteiger partial charge < -0.3 is 9.14 Å². The molecule has 6 heteroatoms. The predicted molar refractivity (Wildman–Crippen MR) is 105 cm³/mol. The second-order valence-electron chi connectivity index (χ2n) is 5.63. The maximum absolute atomic E-state index is 12.3. The molecule has 3 aromatic heterocycles. The molecule has 0 atom stereocenters. The van der Waals surface area contributed by atoms with Gasteiger partial charge in [-0.05, 0) is 30.3 Å². The zero-order valence-electron chi connectivity index (χ0n) is 14.0. The number of aromatic nitrogens is 3. The van der Waals surface area contributed by atoms with Crippen LogP contribution in [-0.4, -0.2) is 21.1 Å². The summed E-state index contributed by atoms with van der Waals surface area (Å²) in [6.45, 7) is 0.182. The second kappa shape index (κ2) is 6.95. The first-order chi connectivity index (χ1) is 12.2. The molecule has 4 aromatic rings. The van der Waals surface area contributed by atoms with E-state index in [-0.39, 0.29) is 24.5 Å². The highest BCUT2D eigenvalue weighted by atomic mass is 35.5. The van der Waals surface area contributed by atoms with E-state index < -0.39 is 0 Å². The molecule has 0 fully saturated rings. The number of hydrogen-bond acceptors (Lipinski definition) is 3. The van der Waals surface area contributed by atoms with E-state index in [0.29, 0.717) is 11.3 Å². The topological polar surface area (TPSA) is 48.5 Å². The molecule has 0 radical (unpaired) electrons. The number of nitrogens with zero attached hydrogens (tertiary/aromatic N) is 3. The lowest BCUT2D eigenvalue weighted by Gasteiger charge is -2.13. The maximum Gasteiger partial charge on any atom is 0.251 e. The van der Waals surface area contributed by atoms with Crippen LogP contribution in [0.5, 0.6) is 5.75 Å². The minimum atomic E-state index is -0.157.